The second-order valence-electron chi connectivity index (χ2n) is 4.78. The molecule has 1 aliphatic carbocycles. The molecule has 1 heterocycles. The Bertz CT molecular complexity index is 698. The van der Waals surface area contributed by atoms with Crippen molar-refractivity contribution < 1.29 is 0 Å². The average molecular weight is 244 g/mol. The molecule has 4 rings (SSSR count). The van der Waals surface area contributed by atoms with Crippen LogP contribution in [0, 0.1) is 0 Å². The van der Waals surface area contributed by atoms with Crippen molar-refractivity contribution in [2.24, 2.45) is 0 Å². The molecule has 2 heteroatoms. The number of benzene rings is 2. The largest absolute Gasteiger partial charge is 0.244 e. The van der Waals surface area contributed by atoms with Gasteiger partial charge in [0.25, 0.3) is 0 Å². The number of nitrogens with zero attached hydrogens (tertiary/aromatic N) is 2. The van der Waals surface area contributed by atoms with Crippen LogP contribution in [0.15, 0.2) is 61.1 Å². The molecular weight excluding hydrogens is 232 g/mol. The summed E-state index contributed by atoms with van der Waals surface area (Å²) in [6.07, 6.45) is 4.45. The van der Waals surface area contributed by atoms with Gasteiger partial charge in [-0.2, -0.15) is 0 Å². The van der Waals surface area contributed by atoms with E-state index in [0.29, 0.717) is 0 Å². The predicted octanol–water partition coefficient (Wildman–Crippen LogP) is 3.71. The zero-order valence-electron chi connectivity index (χ0n) is 10.4. The van der Waals surface area contributed by atoms with Crippen LogP contribution in [0.3, 0.4) is 0 Å². The van der Waals surface area contributed by atoms with E-state index in [-0.39, 0.29) is 0 Å². The van der Waals surface area contributed by atoms with Crippen molar-refractivity contribution in [3.63, 3.8) is 0 Å². The molecule has 1 aliphatic rings. The third-order valence-electron chi connectivity index (χ3n) is 3.66. The molecule has 0 atom stereocenters. The van der Waals surface area contributed by atoms with E-state index >= 15 is 0 Å². The van der Waals surface area contributed by atoms with Crippen LogP contribution in [0.1, 0.15) is 11.1 Å². The Balaban J connectivity index is 2.13. The third-order valence-corrected chi connectivity index (χ3v) is 3.66. The second-order valence-corrected chi connectivity index (χ2v) is 4.78. The number of fused-ring (bicyclic) bond motifs is 5. The second kappa shape index (κ2) is 4.02. The SMILES string of the molecule is c1ccc2c(c1)Cc1cncnc1-c1ccccc1-2. The predicted molar refractivity (Wildman–Crippen MR) is 75.7 cm³/mol. The number of rotatable bonds is 0. The van der Waals surface area contributed by atoms with E-state index in [9.17, 15) is 0 Å². The summed E-state index contributed by atoms with van der Waals surface area (Å²) in [6.45, 7) is 0. The quantitative estimate of drug-likeness (QED) is 0.471. The van der Waals surface area contributed by atoms with Gasteiger partial charge >= 0.3 is 0 Å². The normalized spacial score (nSPS) is 12.0. The van der Waals surface area contributed by atoms with E-state index in [1.807, 2.05) is 6.20 Å². The van der Waals surface area contributed by atoms with Gasteiger partial charge in [-0.05, 0) is 16.7 Å². The highest BCUT2D eigenvalue weighted by Crippen LogP contribution is 2.38. The van der Waals surface area contributed by atoms with Crippen LogP contribution < -0.4 is 0 Å². The van der Waals surface area contributed by atoms with Crippen LogP contribution in [0.25, 0.3) is 22.4 Å². The highest BCUT2D eigenvalue weighted by Gasteiger charge is 2.19. The van der Waals surface area contributed by atoms with Gasteiger partial charge in [0.2, 0.25) is 0 Å². The van der Waals surface area contributed by atoms with E-state index in [0.717, 1.165) is 12.1 Å². The lowest BCUT2D eigenvalue weighted by molar-refractivity contribution is 1.09. The van der Waals surface area contributed by atoms with Gasteiger partial charge in [-0.15, -0.1) is 0 Å². The van der Waals surface area contributed by atoms with Crippen molar-refractivity contribution in [2.45, 2.75) is 6.42 Å². The first-order chi connectivity index (χ1) is 9.43. The van der Waals surface area contributed by atoms with Crippen LogP contribution in [-0.2, 0) is 6.42 Å². The van der Waals surface area contributed by atoms with Crippen molar-refractivity contribution in [3.05, 3.63) is 72.2 Å². The van der Waals surface area contributed by atoms with E-state index < -0.39 is 0 Å². The Morgan fingerprint density at radius 2 is 1.47 bits per heavy atom. The molecule has 0 aliphatic heterocycles. The number of hydrogen-bond acceptors (Lipinski definition) is 2. The van der Waals surface area contributed by atoms with Gasteiger partial charge in [-0.3, -0.25) is 0 Å². The van der Waals surface area contributed by atoms with E-state index in [2.05, 4.69) is 58.5 Å². The molecule has 2 nitrogen and oxygen atoms in total. The number of aromatic nitrogens is 2. The molecule has 0 fully saturated rings. The first-order valence-electron chi connectivity index (χ1n) is 6.40. The van der Waals surface area contributed by atoms with E-state index in [1.165, 1.54) is 27.8 Å². The maximum absolute atomic E-state index is 4.49. The Morgan fingerprint density at radius 3 is 2.37 bits per heavy atom. The van der Waals surface area contributed by atoms with Crippen LogP contribution in [-0.4, -0.2) is 9.97 Å². The minimum absolute atomic E-state index is 0.890. The highest BCUT2D eigenvalue weighted by atomic mass is 14.8. The summed E-state index contributed by atoms with van der Waals surface area (Å²) in [5, 5.41) is 0. The van der Waals surface area contributed by atoms with Crippen molar-refractivity contribution >= 4 is 0 Å². The van der Waals surface area contributed by atoms with Crippen LogP contribution in [0.2, 0.25) is 0 Å². The number of hydrogen-bond donors (Lipinski definition) is 0. The van der Waals surface area contributed by atoms with E-state index in [4.69, 9.17) is 0 Å². The van der Waals surface area contributed by atoms with Gasteiger partial charge in [0.05, 0.1) is 5.69 Å². The molecule has 90 valence electrons. The molecule has 0 amide bonds. The molecule has 1 aromatic heterocycles. The summed E-state index contributed by atoms with van der Waals surface area (Å²) in [4.78, 5) is 8.67. The van der Waals surface area contributed by atoms with Crippen molar-refractivity contribution in [3.8, 4) is 22.4 Å². The molecule has 3 aromatic rings. The molecular formula is C17H12N2. The minimum Gasteiger partial charge on any atom is -0.244 e. The Hall–Kier alpha value is -2.48. The van der Waals surface area contributed by atoms with Crippen LogP contribution >= 0.6 is 0 Å². The fourth-order valence-electron chi connectivity index (χ4n) is 2.80. The molecule has 0 unspecified atom stereocenters. The fraction of sp³-hybridized carbons (Fsp3) is 0.0588. The molecule has 0 N–H and O–H groups in total. The van der Waals surface area contributed by atoms with Crippen molar-refractivity contribution in [2.75, 3.05) is 0 Å². The first-order valence-corrected chi connectivity index (χ1v) is 6.40. The molecule has 0 radical (unpaired) electrons. The van der Waals surface area contributed by atoms with Gasteiger partial charge in [0.15, 0.2) is 0 Å². The van der Waals surface area contributed by atoms with Crippen molar-refractivity contribution in [1.29, 1.82) is 0 Å². The van der Waals surface area contributed by atoms with Crippen molar-refractivity contribution in [1.82, 2.24) is 9.97 Å². The highest BCUT2D eigenvalue weighted by molar-refractivity contribution is 5.86. The summed E-state index contributed by atoms with van der Waals surface area (Å²) in [6, 6.07) is 17.0. The lowest BCUT2D eigenvalue weighted by atomic mass is 9.96. The van der Waals surface area contributed by atoms with E-state index in [1.54, 1.807) is 6.33 Å². The summed E-state index contributed by atoms with van der Waals surface area (Å²) in [5.74, 6) is 0. The van der Waals surface area contributed by atoms with Gasteiger partial charge < -0.3 is 0 Å². The fourth-order valence-corrected chi connectivity index (χ4v) is 2.80. The Morgan fingerprint density at radius 1 is 0.737 bits per heavy atom. The molecule has 19 heavy (non-hydrogen) atoms. The average Bonchev–Trinajstić information content (AvgIpc) is 2.62. The maximum Gasteiger partial charge on any atom is 0.116 e. The maximum atomic E-state index is 4.49. The smallest absolute Gasteiger partial charge is 0.116 e. The zero-order chi connectivity index (χ0) is 12.7. The first kappa shape index (κ1) is 10.4. The Labute approximate surface area is 111 Å². The molecule has 0 spiro atoms. The van der Waals surface area contributed by atoms with Gasteiger partial charge in [0, 0.05) is 23.7 Å². The van der Waals surface area contributed by atoms with Crippen LogP contribution in [0.4, 0.5) is 0 Å². The standard InChI is InChI=1S/C17H12N2/c1-2-6-14-12(5-1)9-13-10-18-11-19-17(13)16-8-4-3-7-15(14)16/h1-8,10-11H,9H2. The lowest BCUT2D eigenvalue weighted by Gasteiger charge is -2.08. The Kier molecular flexibility index (Phi) is 2.21. The zero-order valence-corrected chi connectivity index (χ0v) is 10.4. The van der Waals surface area contributed by atoms with Gasteiger partial charge in [0.1, 0.15) is 6.33 Å². The summed E-state index contributed by atoms with van der Waals surface area (Å²) in [5.41, 5.74) is 7.35. The lowest BCUT2D eigenvalue weighted by Crippen LogP contribution is -1.93. The molecule has 0 bridgehead atoms. The molecule has 2 aromatic carbocycles. The summed E-state index contributed by atoms with van der Waals surface area (Å²) < 4.78 is 0. The monoisotopic (exact) mass is 244 g/mol. The summed E-state index contributed by atoms with van der Waals surface area (Å²) in [7, 11) is 0. The minimum atomic E-state index is 0.890. The van der Waals surface area contributed by atoms with Crippen LogP contribution in [0.5, 0.6) is 0 Å². The topological polar surface area (TPSA) is 25.8 Å². The summed E-state index contributed by atoms with van der Waals surface area (Å²) >= 11 is 0. The van der Waals surface area contributed by atoms with Gasteiger partial charge in [-0.1, -0.05) is 48.5 Å². The molecule has 0 saturated heterocycles. The molecule has 0 saturated carbocycles. The van der Waals surface area contributed by atoms with Gasteiger partial charge in [-0.25, -0.2) is 9.97 Å². The third kappa shape index (κ3) is 1.57.